The molecule has 0 unspecified atom stereocenters. The Kier molecular flexibility index (Phi) is 6.84. The highest BCUT2D eigenvalue weighted by atomic mass is 13.9. The van der Waals surface area contributed by atoms with Crippen molar-refractivity contribution in [1.29, 1.82) is 0 Å². The van der Waals surface area contributed by atoms with E-state index >= 15 is 0 Å². The molecule has 0 saturated heterocycles. The van der Waals surface area contributed by atoms with Gasteiger partial charge in [0.05, 0.1) is 0 Å². The number of rotatable bonds is 5. The molecule has 0 heterocycles. The number of hydrogen-bond acceptors (Lipinski definition) is 0. The monoisotopic (exact) mass is 165 g/mol. The van der Waals surface area contributed by atoms with Gasteiger partial charge >= 0.3 is 0 Å². The van der Waals surface area contributed by atoms with Gasteiger partial charge in [-0.2, -0.15) is 0 Å². The third kappa shape index (κ3) is 7.59. The lowest BCUT2D eigenvalue weighted by molar-refractivity contribution is 0.936. The van der Waals surface area contributed by atoms with E-state index in [2.05, 4.69) is 39.8 Å². The number of allylic oxidation sites excluding steroid dienone is 4. The van der Waals surface area contributed by atoms with E-state index in [1.54, 1.807) is 0 Å². The average molecular weight is 165 g/mol. The quantitative estimate of drug-likeness (QED) is 0.533. The zero-order chi connectivity index (χ0) is 9.40. The number of unbranched alkanes of at least 4 members (excludes halogenated alkanes) is 1. The summed E-state index contributed by atoms with van der Waals surface area (Å²) in [4.78, 5) is 0. The van der Waals surface area contributed by atoms with Gasteiger partial charge in [-0.05, 0) is 46.5 Å². The Labute approximate surface area is 77.4 Å². The minimum absolute atomic E-state index is 1.01. The third-order valence-corrected chi connectivity index (χ3v) is 1.79. The second-order valence-corrected chi connectivity index (χ2v) is 3.51. The second-order valence-electron chi connectivity index (χ2n) is 3.51. The summed E-state index contributed by atoms with van der Waals surface area (Å²) < 4.78 is 0. The van der Waals surface area contributed by atoms with E-state index in [0.29, 0.717) is 0 Å². The topological polar surface area (TPSA) is 0 Å². The van der Waals surface area contributed by atoms with Gasteiger partial charge in [0.1, 0.15) is 0 Å². The molecule has 12 heavy (non-hydrogen) atoms. The number of hydrogen-bond donors (Lipinski definition) is 0. The normalized spacial score (nSPS) is 11.5. The van der Waals surface area contributed by atoms with E-state index in [0.717, 1.165) is 12.8 Å². The SMILES string of the molecule is [CH2]CC/C=C(\C)CCC=C(C)C. The molecule has 0 aliphatic carbocycles. The maximum Gasteiger partial charge on any atom is -0.0288 e. The molecule has 0 saturated carbocycles. The van der Waals surface area contributed by atoms with Crippen molar-refractivity contribution in [2.24, 2.45) is 0 Å². The van der Waals surface area contributed by atoms with Crippen LogP contribution in [0.1, 0.15) is 46.5 Å². The molecule has 0 aromatic rings. The Hall–Kier alpha value is -0.520. The predicted octanol–water partition coefficient (Wildman–Crippen LogP) is 4.29. The van der Waals surface area contributed by atoms with Crippen LogP contribution in [0, 0.1) is 6.92 Å². The summed E-state index contributed by atoms with van der Waals surface area (Å²) in [6.45, 7) is 10.3. The molecule has 0 heteroatoms. The molecular weight excluding hydrogens is 144 g/mol. The molecule has 0 bridgehead atoms. The molecule has 0 spiro atoms. The van der Waals surface area contributed by atoms with Crippen LogP contribution in [0.4, 0.5) is 0 Å². The highest BCUT2D eigenvalue weighted by molar-refractivity contribution is 5.01. The van der Waals surface area contributed by atoms with Crippen LogP contribution in [-0.2, 0) is 0 Å². The van der Waals surface area contributed by atoms with Crippen LogP contribution in [-0.4, -0.2) is 0 Å². The highest BCUT2D eigenvalue weighted by Gasteiger charge is 1.87. The predicted molar refractivity (Wildman–Crippen MR) is 57.0 cm³/mol. The minimum Gasteiger partial charge on any atom is -0.0856 e. The van der Waals surface area contributed by atoms with E-state index < -0.39 is 0 Å². The molecule has 0 atom stereocenters. The summed E-state index contributed by atoms with van der Waals surface area (Å²) >= 11 is 0. The molecule has 1 radical (unpaired) electrons. The zero-order valence-electron chi connectivity index (χ0n) is 8.69. The first kappa shape index (κ1) is 11.5. The van der Waals surface area contributed by atoms with Crippen molar-refractivity contribution in [3.8, 4) is 0 Å². The zero-order valence-corrected chi connectivity index (χ0v) is 8.69. The Balaban J connectivity index is 3.56. The molecule has 0 N–H and O–H groups in total. The van der Waals surface area contributed by atoms with Crippen LogP contribution in [0.15, 0.2) is 23.3 Å². The first-order valence-electron chi connectivity index (χ1n) is 4.75. The van der Waals surface area contributed by atoms with Gasteiger partial charge in [0, 0.05) is 0 Å². The van der Waals surface area contributed by atoms with Crippen molar-refractivity contribution in [2.75, 3.05) is 0 Å². The van der Waals surface area contributed by atoms with Crippen LogP contribution < -0.4 is 0 Å². The van der Waals surface area contributed by atoms with E-state index in [4.69, 9.17) is 0 Å². The van der Waals surface area contributed by atoms with Gasteiger partial charge in [-0.15, -0.1) is 0 Å². The lowest BCUT2D eigenvalue weighted by Gasteiger charge is -1.97. The van der Waals surface area contributed by atoms with Crippen molar-refractivity contribution < 1.29 is 0 Å². The first-order valence-corrected chi connectivity index (χ1v) is 4.75. The average Bonchev–Trinajstić information content (AvgIpc) is 2.00. The fourth-order valence-corrected chi connectivity index (χ4v) is 1.04. The molecule has 0 aliphatic rings. The molecule has 69 valence electrons. The highest BCUT2D eigenvalue weighted by Crippen LogP contribution is 2.07. The third-order valence-electron chi connectivity index (χ3n) is 1.79. The summed E-state index contributed by atoms with van der Waals surface area (Å²) in [6.07, 6.45) is 9.11. The maximum absolute atomic E-state index is 3.81. The standard InChI is InChI=1S/C12H21/c1-5-6-9-12(4)10-7-8-11(2)3/h8-9H,1,5-7,10H2,2-4H3/b12-9+. The lowest BCUT2D eigenvalue weighted by atomic mass is 10.1. The molecule has 0 aromatic carbocycles. The van der Waals surface area contributed by atoms with Crippen LogP contribution in [0.25, 0.3) is 0 Å². The summed E-state index contributed by atoms with van der Waals surface area (Å²) in [7, 11) is 0. The smallest absolute Gasteiger partial charge is 0.0288 e. The van der Waals surface area contributed by atoms with Crippen molar-refractivity contribution in [1.82, 2.24) is 0 Å². The van der Waals surface area contributed by atoms with Crippen LogP contribution in [0.3, 0.4) is 0 Å². The fourth-order valence-electron chi connectivity index (χ4n) is 1.04. The molecule has 0 rings (SSSR count). The van der Waals surface area contributed by atoms with Gasteiger partial charge in [0.2, 0.25) is 0 Å². The Morgan fingerprint density at radius 2 is 1.75 bits per heavy atom. The molecule has 0 amide bonds. The van der Waals surface area contributed by atoms with E-state index in [-0.39, 0.29) is 0 Å². The van der Waals surface area contributed by atoms with Crippen LogP contribution in [0.5, 0.6) is 0 Å². The second kappa shape index (κ2) is 7.15. The Morgan fingerprint density at radius 3 is 2.25 bits per heavy atom. The Bertz CT molecular complexity index is 157. The summed E-state index contributed by atoms with van der Waals surface area (Å²) in [5.41, 5.74) is 2.91. The molecule has 0 aliphatic heterocycles. The van der Waals surface area contributed by atoms with Crippen LogP contribution >= 0.6 is 0 Å². The van der Waals surface area contributed by atoms with E-state index in [1.807, 2.05) is 0 Å². The fraction of sp³-hybridized carbons (Fsp3) is 0.583. The largest absolute Gasteiger partial charge is 0.0856 e. The molecule has 0 nitrogen and oxygen atoms in total. The first-order chi connectivity index (χ1) is 5.66. The summed E-state index contributed by atoms with van der Waals surface area (Å²) in [6, 6.07) is 0. The van der Waals surface area contributed by atoms with E-state index in [1.165, 1.54) is 24.0 Å². The van der Waals surface area contributed by atoms with Crippen molar-refractivity contribution >= 4 is 0 Å². The van der Waals surface area contributed by atoms with E-state index in [9.17, 15) is 0 Å². The van der Waals surface area contributed by atoms with Crippen LogP contribution in [0.2, 0.25) is 0 Å². The Morgan fingerprint density at radius 1 is 1.08 bits per heavy atom. The molecule has 0 aromatic heterocycles. The molecular formula is C12H21. The summed E-state index contributed by atoms with van der Waals surface area (Å²) in [5.74, 6) is 0. The lowest BCUT2D eigenvalue weighted by Crippen LogP contribution is -1.77. The van der Waals surface area contributed by atoms with Gasteiger partial charge in [-0.25, -0.2) is 0 Å². The van der Waals surface area contributed by atoms with Gasteiger partial charge in [-0.1, -0.05) is 30.2 Å². The van der Waals surface area contributed by atoms with Gasteiger partial charge < -0.3 is 0 Å². The summed E-state index contributed by atoms with van der Waals surface area (Å²) in [5, 5.41) is 0. The van der Waals surface area contributed by atoms with Gasteiger partial charge in [0.15, 0.2) is 0 Å². The molecule has 0 fully saturated rings. The van der Waals surface area contributed by atoms with Crippen molar-refractivity contribution in [3.05, 3.63) is 30.2 Å². The minimum atomic E-state index is 1.01. The van der Waals surface area contributed by atoms with Crippen molar-refractivity contribution in [3.63, 3.8) is 0 Å². The van der Waals surface area contributed by atoms with Crippen molar-refractivity contribution in [2.45, 2.75) is 46.5 Å². The van der Waals surface area contributed by atoms with Gasteiger partial charge in [0.25, 0.3) is 0 Å². The van der Waals surface area contributed by atoms with Gasteiger partial charge in [-0.3, -0.25) is 0 Å². The maximum atomic E-state index is 3.81.